The number of carboxylic acid groups (broad SMARTS) is 1. The Morgan fingerprint density at radius 1 is 0.966 bits per heavy atom. The number of aryl methyl sites for hydroxylation is 3. The maximum atomic E-state index is 11.5. The van der Waals surface area contributed by atoms with Crippen molar-refractivity contribution in [2.24, 2.45) is 0 Å². The summed E-state index contributed by atoms with van der Waals surface area (Å²) >= 11 is 0. The van der Waals surface area contributed by atoms with Gasteiger partial charge in [-0.1, -0.05) is 36.4 Å². The maximum absolute atomic E-state index is 11.5. The molecule has 0 unspecified atom stereocenters. The second kappa shape index (κ2) is 11.2. The number of hydrogen-bond donors (Lipinski definition) is 1. The number of hydrogen-bond acceptors (Lipinski definition) is 5. The molecule has 2 rings (SSSR count). The Hall–Kier alpha value is -2.86. The third-order valence-corrected chi connectivity index (χ3v) is 4.71. The zero-order chi connectivity index (χ0) is 21.2. The van der Waals surface area contributed by atoms with E-state index in [1.807, 2.05) is 43.3 Å². The van der Waals surface area contributed by atoms with Crippen LogP contribution in [-0.4, -0.2) is 55.8 Å². The van der Waals surface area contributed by atoms with Gasteiger partial charge in [0.2, 0.25) is 0 Å². The third-order valence-electron chi connectivity index (χ3n) is 4.71. The first-order valence-electron chi connectivity index (χ1n) is 9.67. The van der Waals surface area contributed by atoms with E-state index in [9.17, 15) is 9.59 Å². The number of esters is 1. The summed E-state index contributed by atoms with van der Waals surface area (Å²) in [4.78, 5) is 24.2. The van der Waals surface area contributed by atoms with Crippen molar-refractivity contribution in [1.82, 2.24) is 4.90 Å². The summed E-state index contributed by atoms with van der Waals surface area (Å²) in [7, 11) is 5.39. The monoisotopic (exact) mass is 399 g/mol. The van der Waals surface area contributed by atoms with Crippen LogP contribution in [0.25, 0.3) is 0 Å². The highest BCUT2D eigenvalue weighted by molar-refractivity contribution is 6.28. The SMILES string of the molecule is COc1ccc(CCc2ccccc2CC[C@H](CN(C)C)OC(=O)C(=O)O)cc1. The molecule has 1 N–H and O–H groups in total. The summed E-state index contributed by atoms with van der Waals surface area (Å²) in [6.45, 7) is 0.479. The summed E-state index contributed by atoms with van der Waals surface area (Å²) in [6.07, 6.45) is 2.62. The van der Waals surface area contributed by atoms with Crippen molar-refractivity contribution in [2.75, 3.05) is 27.7 Å². The largest absolute Gasteiger partial charge is 0.497 e. The Bertz CT molecular complexity index is 801. The average Bonchev–Trinajstić information content (AvgIpc) is 2.71. The molecule has 0 spiro atoms. The Morgan fingerprint density at radius 2 is 1.59 bits per heavy atom. The molecule has 0 bridgehead atoms. The summed E-state index contributed by atoms with van der Waals surface area (Å²) < 4.78 is 10.3. The van der Waals surface area contributed by atoms with Gasteiger partial charge in [-0.05, 0) is 68.6 Å². The zero-order valence-corrected chi connectivity index (χ0v) is 17.3. The molecule has 0 aliphatic heterocycles. The van der Waals surface area contributed by atoms with Gasteiger partial charge in [0.1, 0.15) is 11.9 Å². The van der Waals surface area contributed by atoms with E-state index in [1.165, 1.54) is 16.7 Å². The molecule has 0 aliphatic rings. The molecular formula is C23H29NO5. The number of benzene rings is 2. The lowest BCUT2D eigenvalue weighted by Crippen LogP contribution is -2.33. The molecule has 0 radical (unpaired) electrons. The Balaban J connectivity index is 2.00. The van der Waals surface area contributed by atoms with Crippen LogP contribution in [0.1, 0.15) is 23.1 Å². The van der Waals surface area contributed by atoms with E-state index in [0.717, 1.165) is 18.6 Å². The Kier molecular flexibility index (Phi) is 8.68. The molecular weight excluding hydrogens is 370 g/mol. The van der Waals surface area contributed by atoms with Crippen LogP contribution in [-0.2, 0) is 33.6 Å². The fourth-order valence-corrected chi connectivity index (χ4v) is 3.23. The molecule has 0 aliphatic carbocycles. The van der Waals surface area contributed by atoms with E-state index in [0.29, 0.717) is 19.4 Å². The number of rotatable bonds is 10. The number of nitrogens with zero attached hydrogens (tertiary/aromatic N) is 1. The van der Waals surface area contributed by atoms with Crippen LogP contribution in [0.15, 0.2) is 48.5 Å². The minimum atomic E-state index is -1.56. The number of methoxy groups -OCH3 is 1. The van der Waals surface area contributed by atoms with Gasteiger partial charge in [0.25, 0.3) is 0 Å². The first-order chi connectivity index (χ1) is 13.9. The molecule has 6 heteroatoms. The van der Waals surface area contributed by atoms with E-state index in [4.69, 9.17) is 14.6 Å². The number of carbonyl (C=O) groups is 2. The van der Waals surface area contributed by atoms with Gasteiger partial charge in [0.05, 0.1) is 7.11 Å². The highest BCUT2D eigenvalue weighted by Crippen LogP contribution is 2.18. The minimum Gasteiger partial charge on any atom is -0.497 e. The van der Waals surface area contributed by atoms with Gasteiger partial charge in [0, 0.05) is 6.54 Å². The summed E-state index contributed by atoms with van der Waals surface area (Å²) in [5, 5.41) is 8.81. The smallest absolute Gasteiger partial charge is 0.417 e. The molecule has 0 saturated carbocycles. The van der Waals surface area contributed by atoms with E-state index in [-0.39, 0.29) is 0 Å². The molecule has 1 atom stereocenters. The molecule has 0 saturated heterocycles. The standard InChI is InChI=1S/C23H29NO5/c1-24(2)16-21(29-23(27)22(25)26)15-12-19-7-5-4-6-18(19)11-8-17-9-13-20(28-3)14-10-17/h4-7,9-10,13-14,21H,8,11-12,15-16H2,1-3H3,(H,25,26)/t21-/m1/s1. The van der Waals surface area contributed by atoms with Gasteiger partial charge in [-0.15, -0.1) is 0 Å². The van der Waals surface area contributed by atoms with Gasteiger partial charge < -0.3 is 19.5 Å². The molecule has 2 aromatic rings. The molecule has 0 fully saturated rings. The number of carboxylic acids is 1. The fraction of sp³-hybridized carbons (Fsp3) is 0.391. The Labute approximate surface area is 172 Å². The number of carbonyl (C=O) groups excluding carboxylic acids is 1. The lowest BCUT2D eigenvalue weighted by molar-refractivity contribution is -0.168. The third kappa shape index (κ3) is 7.58. The van der Waals surface area contributed by atoms with Gasteiger partial charge in [-0.25, -0.2) is 9.59 Å². The van der Waals surface area contributed by atoms with Crippen LogP contribution < -0.4 is 4.74 Å². The molecule has 156 valence electrons. The van der Waals surface area contributed by atoms with Crippen LogP contribution in [0.5, 0.6) is 5.75 Å². The predicted molar refractivity (Wildman–Crippen MR) is 111 cm³/mol. The van der Waals surface area contributed by atoms with E-state index >= 15 is 0 Å². The van der Waals surface area contributed by atoms with Crippen LogP contribution in [0, 0.1) is 0 Å². The highest BCUT2D eigenvalue weighted by atomic mass is 16.6. The second-order valence-corrected chi connectivity index (χ2v) is 7.25. The van der Waals surface area contributed by atoms with Crippen molar-refractivity contribution in [3.05, 3.63) is 65.2 Å². The normalized spacial score (nSPS) is 11.9. The zero-order valence-electron chi connectivity index (χ0n) is 17.3. The van der Waals surface area contributed by atoms with Crippen molar-refractivity contribution in [2.45, 2.75) is 31.8 Å². The van der Waals surface area contributed by atoms with Crippen LogP contribution in [0.2, 0.25) is 0 Å². The quantitative estimate of drug-likeness (QED) is 0.489. The lowest BCUT2D eigenvalue weighted by Gasteiger charge is -2.21. The van der Waals surface area contributed by atoms with Gasteiger partial charge in [0.15, 0.2) is 0 Å². The van der Waals surface area contributed by atoms with Gasteiger partial charge in [-0.2, -0.15) is 0 Å². The number of ether oxygens (including phenoxy) is 2. The summed E-state index contributed by atoms with van der Waals surface area (Å²) in [5.74, 6) is -1.92. The molecule has 0 amide bonds. The first kappa shape index (κ1) is 22.4. The number of aliphatic carboxylic acids is 1. The maximum Gasteiger partial charge on any atom is 0.417 e. The van der Waals surface area contributed by atoms with Gasteiger partial charge >= 0.3 is 11.9 Å². The molecule has 6 nitrogen and oxygen atoms in total. The Morgan fingerprint density at radius 3 is 2.14 bits per heavy atom. The molecule has 29 heavy (non-hydrogen) atoms. The number of likely N-dealkylation sites (N-methyl/N-ethyl adjacent to an activating group) is 1. The molecule has 0 aromatic heterocycles. The molecule has 0 heterocycles. The second-order valence-electron chi connectivity index (χ2n) is 7.25. The van der Waals surface area contributed by atoms with E-state index < -0.39 is 18.0 Å². The summed E-state index contributed by atoms with van der Waals surface area (Å²) in [5.41, 5.74) is 3.68. The van der Waals surface area contributed by atoms with E-state index in [1.54, 1.807) is 7.11 Å². The fourth-order valence-electron chi connectivity index (χ4n) is 3.23. The minimum absolute atomic E-state index is 0.469. The van der Waals surface area contributed by atoms with Crippen molar-refractivity contribution in [3.8, 4) is 5.75 Å². The lowest BCUT2D eigenvalue weighted by atomic mass is 9.96. The average molecular weight is 399 g/mol. The van der Waals surface area contributed by atoms with Crippen LogP contribution in [0.4, 0.5) is 0 Å². The summed E-state index contributed by atoms with van der Waals surface area (Å²) in [6, 6.07) is 16.3. The first-order valence-corrected chi connectivity index (χ1v) is 9.67. The predicted octanol–water partition coefficient (Wildman–Crippen LogP) is 2.97. The van der Waals surface area contributed by atoms with Crippen LogP contribution in [0.3, 0.4) is 0 Å². The molecule has 2 aromatic carbocycles. The van der Waals surface area contributed by atoms with Crippen molar-refractivity contribution in [1.29, 1.82) is 0 Å². The van der Waals surface area contributed by atoms with Gasteiger partial charge in [-0.3, -0.25) is 0 Å². The van der Waals surface area contributed by atoms with Crippen LogP contribution >= 0.6 is 0 Å². The van der Waals surface area contributed by atoms with E-state index in [2.05, 4.69) is 24.3 Å². The topological polar surface area (TPSA) is 76.1 Å². The van der Waals surface area contributed by atoms with Crippen molar-refractivity contribution in [3.63, 3.8) is 0 Å². The van der Waals surface area contributed by atoms with Crippen molar-refractivity contribution >= 4 is 11.9 Å². The highest BCUT2D eigenvalue weighted by Gasteiger charge is 2.21. The van der Waals surface area contributed by atoms with Crippen molar-refractivity contribution < 1.29 is 24.2 Å².